The molecule has 0 radical (unpaired) electrons. The summed E-state index contributed by atoms with van der Waals surface area (Å²) in [7, 11) is 0. The lowest BCUT2D eigenvalue weighted by molar-refractivity contribution is -0.313. The van der Waals surface area contributed by atoms with E-state index in [4.69, 9.17) is 9.72 Å². The SMILES string of the molecule is CCC(Oc1cccc2c1CCc1sc(SC(c3ccccc3)c3ccccc3)nc1-2)C(=O)[O-]. The molecule has 0 saturated carbocycles. The summed E-state index contributed by atoms with van der Waals surface area (Å²) in [5.41, 5.74) is 5.54. The van der Waals surface area contributed by atoms with Gasteiger partial charge in [-0.25, -0.2) is 4.98 Å². The Bertz CT molecular complexity index is 1250. The number of aryl methyl sites for hydroxylation is 1. The van der Waals surface area contributed by atoms with Gasteiger partial charge >= 0.3 is 0 Å². The molecule has 0 aliphatic heterocycles. The van der Waals surface area contributed by atoms with E-state index >= 15 is 0 Å². The van der Waals surface area contributed by atoms with Gasteiger partial charge in [0.1, 0.15) is 11.9 Å². The van der Waals surface area contributed by atoms with Crippen molar-refractivity contribution in [3.8, 4) is 17.0 Å². The van der Waals surface area contributed by atoms with Gasteiger partial charge in [0, 0.05) is 16.0 Å². The van der Waals surface area contributed by atoms with Crippen LogP contribution < -0.4 is 9.84 Å². The highest BCUT2D eigenvalue weighted by Gasteiger charge is 2.26. The summed E-state index contributed by atoms with van der Waals surface area (Å²) < 4.78 is 6.86. The summed E-state index contributed by atoms with van der Waals surface area (Å²) in [6.07, 6.45) is 1.07. The summed E-state index contributed by atoms with van der Waals surface area (Å²) in [5.74, 6) is -0.565. The van der Waals surface area contributed by atoms with Crippen LogP contribution in [-0.4, -0.2) is 17.1 Å². The van der Waals surface area contributed by atoms with Crippen LogP contribution in [0.1, 0.15) is 40.2 Å². The van der Waals surface area contributed by atoms with Crippen LogP contribution in [-0.2, 0) is 17.6 Å². The molecule has 0 bridgehead atoms. The first kappa shape index (κ1) is 22.7. The van der Waals surface area contributed by atoms with Crippen molar-refractivity contribution in [2.24, 2.45) is 0 Å². The van der Waals surface area contributed by atoms with E-state index < -0.39 is 12.1 Å². The monoisotopic (exact) mass is 486 g/mol. The number of carboxylic acid groups (broad SMARTS) is 1. The molecule has 0 N–H and O–H groups in total. The number of hydrogen-bond donors (Lipinski definition) is 0. The van der Waals surface area contributed by atoms with Crippen LogP contribution in [0.3, 0.4) is 0 Å². The van der Waals surface area contributed by atoms with Crippen molar-refractivity contribution in [3.05, 3.63) is 100 Å². The average molecular weight is 487 g/mol. The number of carbonyl (C=O) groups is 1. The number of carbonyl (C=O) groups excluding carboxylic acids is 1. The maximum absolute atomic E-state index is 11.4. The highest BCUT2D eigenvalue weighted by Crippen LogP contribution is 2.47. The molecule has 4 aromatic rings. The molecule has 34 heavy (non-hydrogen) atoms. The largest absolute Gasteiger partial charge is 0.546 e. The predicted molar refractivity (Wildman–Crippen MR) is 135 cm³/mol. The number of benzene rings is 3. The minimum atomic E-state index is -1.18. The average Bonchev–Trinajstić information content (AvgIpc) is 3.30. The van der Waals surface area contributed by atoms with E-state index in [2.05, 4.69) is 54.6 Å². The van der Waals surface area contributed by atoms with E-state index in [9.17, 15) is 9.90 Å². The van der Waals surface area contributed by atoms with E-state index in [0.717, 1.165) is 34.0 Å². The molecule has 6 heteroatoms. The zero-order valence-corrected chi connectivity index (χ0v) is 20.4. The topological polar surface area (TPSA) is 62.2 Å². The zero-order valence-electron chi connectivity index (χ0n) is 18.8. The fourth-order valence-electron chi connectivity index (χ4n) is 4.29. The summed E-state index contributed by atoms with van der Waals surface area (Å²) in [4.78, 5) is 17.7. The van der Waals surface area contributed by atoms with Crippen LogP contribution >= 0.6 is 23.1 Å². The number of nitrogens with zero attached hydrogens (tertiary/aromatic N) is 1. The molecule has 1 heterocycles. The Labute approximate surface area is 207 Å². The number of aliphatic carboxylic acids is 1. The molecular weight excluding hydrogens is 462 g/mol. The van der Waals surface area contributed by atoms with E-state index in [1.807, 2.05) is 24.3 Å². The van der Waals surface area contributed by atoms with Crippen molar-refractivity contribution in [3.63, 3.8) is 0 Å². The van der Waals surface area contributed by atoms with Gasteiger partial charge in [0.2, 0.25) is 0 Å². The molecule has 1 unspecified atom stereocenters. The van der Waals surface area contributed by atoms with Crippen molar-refractivity contribution in [2.45, 2.75) is 41.9 Å². The molecule has 4 nitrogen and oxygen atoms in total. The smallest absolute Gasteiger partial charge is 0.151 e. The minimum Gasteiger partial charge on any atom is -0.546 e. The molecule has 5 rings (SSSR count). The molecule has 0 spiro atoms. The van der Waals surface area contributed by atoms with Crippen molar-refractivity contribution in [1.29, 1.82) is 0 Å². The van der Waals surface area contributed by atoms with E-state index in [1.165, 1.54) is 16.0 Å². The standard InChI is InChI=1S/C28H25NO3S2/c1-2-22(27(30)31)32-23-15-9-14-21-20(23)16-17-24-25(21)29-28(33-24)34-26(18-10-5-3-6-11-18)19-12-7-4-8-13-19/h3-15,22,26H,2,16-17H2,1H3,(H,30,31)/p-1. The lowest BCUT2D eigenvalue weighted by Gasteiger charge is -2.23. The Kier molecular flexibility index (Phi) is 6.70. The van der Waals surface area contributed by atoms with Gasteiger partial charge in [0.05, 0.1) is 16.9 Å². The highest BCUT2D eigenvalue weighted by atomic mass is 32.2. The number of ether oxygens (including phenoxy) is 1. The quantitative estimate of drug-likeness (QED) is 0.299. The second kappa shape index (κ2) is 10.0. The van der Waals surface area contributed by atoms with Crippen LogP contribution in [0.25, 0.3) is 11.3 Å². The normalized spacial score (nSPS) is 13.2. The second-order valence-electron chi connectivity index (χ2n) is 8.19. The van der Waals surface area contributed by atoms with Crippen molar-refractivity contribution < 1.29 is 14.6 Å². The summed E-state index contributed by atoms with van der Waals surface area (Å²) in [5, 5.41) is 11.5. The first-order valence-corrected chi connectivity index (χ1v) is 13.1. The van der Waals surface area contributed by atoms with Crippen LogP contribution in [0.15, 0.2) is 83.2 Å². The molecule has 1 aromatic heterocycles. The number of thioether (sulfide) groups is 1. The zero-order chi connectivity index (χ0) is 23.5. The van der Waals surface area contributed by atoms with Crippen molar-refractivity contribution in [1.82, 2.24) is 4.98 Å². The Hall–Kier alpha value is -3.09. The maximum atomic E-state index is 11.4. The lowest BCUT2D eigenvalue weighted by Crippen LogP contribution is -2.39. The van der Waals surface area contributed by atoms with Gasteiger partial charge in [-0.15, -0.1) is 11.3 Å². The maximum Gasteiger partial charge on any atom is 0.151 e. The third kappa shape index (κ3) is 4.61. The number of rotatable bonds is 8. The van der Waals surface area contributed by atoms with E-state index in [0.29, 0.717) is 12.2 Å². The van der Waals surface area contributed by atoms with Gasteiger partial charge < -0.3 is 14.6 Å². The molecule has 1 atom stereocenters. The third-order valence-electron chi connectivity index (χ3n) is 5.99. The van der Waals surface area contributed by atoms with Crippen molar-refractivity contribution in [2.75, 3.05) is 0 Å². The Morgan fingerprint density at radius 2 is 1.68 bits per heavy atom. The third-order valence-corrected chi connectivity index (χ3v) is 8.52. The summed E-state index contributed by atoms with van der Waals surface area (Å²) in [6.45, 7) is 1.79. The summed E-state index contributed by atoms with van der Waals surface area (Å²) >= 11 is 3.53. The molecular formula is C28H24NO3S2-. The van der Waals surface area contributed by atoms with Crippen LogP contribution in [0.5, 0.6) is 5.75 Å². The van der Waals surface area contributed by atoms with Gasteiger partial charge in [0.25, 0.3) is 0 Å². The van der Waals surface area contributed by atoms with Gasteiger partial charge in [0.15, 0.2) is 4.34 Å². The first-order valence-electron chi connectivity index (χ1n) is 11.4. The van der Waals surface area contributed by atoms with E-state index in [1.54, 1.807) is 30.0 Å². The number of aromatic nitrogens is 1. The van der Waals surface area contributed by atoms with Gasteiger partial charge in [-0.1, -0.05) is 91.5 Å². The summed E-state index contributed by atoms with van der Waals surface area (Å²) in [6, 6.07) is 26.9. The molecule has 0 amide bonds. The molecule has 1 aliphatic rings. The van der Waals surface area contributed by atoms with Gasteiger partial charge in [-0.3, -0.25) is 0 Å². The number of thiazole rings is 1. The number of carboxylic acids is 1. The molecule has 0 fully saturated rings. The highest BCUT2D eigenvalue weighted by molar-refractivity contribution is 8.01. The fraction of sp³-hybridized carbons (Fsp3) is 0.214. The van der Waals surface area contributed by atoms with Crippen LogP contribution in [0, 0.1) is 0 Å². The molecule has 3 aromatic carbocycles. The van der Waals surface area contributed by atoms with Crippen molar-refractivity contribution >= 4 is 29.1 Å². The number of hydrogen-bond acceptors (Lipinski definition) is 6. The lowest BCUT2D eigenvalue weighted by atomic mass is 9.92. The first-order chi connectivity index (χ1) is 16.6. The van der Waals surface area contributed by atoms with E-state index in [-0.39, 0.29) is 5.25 Å². The second-order valence-corrected chi connectivity index (χ2v) is 10.6. The van der Waals surface area contributed by atoms with Gasteiger partial charge in [-0.2, -0.15) is 0 Å². The Balaban J connectivity index is 1.47. The molecule has 1 aliphatic carbocycles. The van der Waals surface area contributed by atoms with Crippen LogP contribution in [0.2, 0.25) is 0 Å². The molecule has 172 valence electrons. The fourth-order valence-corrected chi connectivity index (χ4v) is 6.81. The number of fused-ring (bicyclic) bond motifs is 3. The Morgan fingerprint density at radius 1 is 1.00 bits per heavy atom. The minimum absolute atomic E-state index is 0.150. The van der Waals surface area contributed by atoms with Crippen LogP contribution in [0.4, 0.5) is 0 Å². The Morgan fingerprint density at radius 3 is 2.29 bits per heavy atom. The van der Waals surface area contributed by atoms with Gasteiger partial charge in [-0.05, 0) is 36.5 Å². The predicted octanol–water partition coefficient (Wildman–Crippen LogP) is 5.70. The molecule has 0 saturated heterocycles.